The second-order valence-electron chi connectivity index (χ2n) is 10.9. The van der Waals surface area contributed by atoms with Gasteiger partial charge in [-0.25, -0.2) is 18.0 Å². The quantitative estimate of drug-likeness (QED) is 0.116. The van der Waals surface area contributed by atoms with Crippen LogP contribution in [0, 0.1) is 20.8 Å². The van der Waals surface area contributed by atoms with Crippen molar-refractivity contribution in [1.29, 1.82) is 0 Å². The molecule has 0 spiro atoms. The summed E-state index contributed by atoms with van der Waals surface area (Å²) in [5, 5.41) is 33.8. The third-order valence-electron chi connectivity index (χ3n) is 6.99. The molecular weight excluding hydrogens is 647 g/mol. The summed E-state index contributed by atoms with van der Waals surface area (Å²) in [7, 11) is -4.36. The third kappa shape index (κ3) is 9.89. The van der Waals surface area contributed by atoms with Gasteiger partial charge in [-0.1, -0.05) is 17.7 Å². The summed E-state index contributed by atoms with van der Waals surface area (Å²) in [4.78, 5) is 39.4. The van der Waals surface area contributed by atoms with E-state index in [4.69, 9.17) is 9.90 Å². The lowest BCUT2D eigenvalue weighted by atomic mass is 10.0. The second-order valence-corrected chi connectivity index (χ2v) is 12.5. The van der Waals surface area contributed by atoms with E-state index in [0.29, 0.717) is 47.4 Å². The number of aliphatic carboxylic acids is 2. The van der Waals surface area contributed by atoms with E-state index in [-0.39, 0.29) is 16.9 Å². The molecule has 1 amide bonds. The van der Waals surface area contributed by atoms with Gasteiger partial charge in [0.2, 0.25) is 15.7 Å². The molecule has 1 atom stereocenters. The molecule has 0 saturated carbocycles. The maximum absolute atomic E-state index is 13.7. The third-order valence-corrected chi connectivity index (χ3v) is 8.79. The van der Waals surface area contributed by atoms with Crippen LogP contribution in [0.2, 0.25) is 0 Å². The number of rotatable bonds is 11. The highest BCUT2D eigenvalue weighted by Gasteiger charge is 2.44. The second kappa shape index (κ2) is 15.3. The average Bonchev–Trinajstić information content (AvgIpc) is 3.44. The van der Waals surface area contributed by atoms with Gasteiger partial charge in [0.25, 0.3) is 5.91 Å². The monoisotopic (exact) mass is 683 g/mol. The van der Waals surface area contributed by atoms with Crippen molar-refractivity contribution in [2.24, 2.45) is 4.99 Å². The molecule has 0 fully saturated rings. The molecule has 3 aromatic rings. The molecule has 0 aliphatic carbocycles. The Morgan fingerprint density at radius 3 is 2.23 bits per heavy atom. The van der Waals surface area contributed by atoms with Crippen molar-refractivity contribution < 1.29 is 46.2 Å². The number of amides is 1. The topological polar surface area (TPSA) is 215 Å². The van der Waals surface area contributed by atoms with Crippen molar-refractivity contribution in [1.82, 2.24) is 30.9 Å². The summed E-state index contributed by atoms with van der Waals surface area (Å²) in [6.07, 6.45) is -1.97. The number of H-pyrrole nitrogens is 1. The van der Waals surface area contributed by atoms with Gasteiger partial charge in [0.1, 0.15) is 0 Å². The highest BCUT2D eigenvalue weighted by Crippen LogP contribution is 2.25. The number of aryl methyl sites for hydroxylation is 3. The average molecular weight is 684 g/mol. The van der Waals surface area contributed by atoms with Crippen molar-refractivity contribution in [3.8, 4) is 0 Å². The fourth-order valence-electron chi connectivity index (χ4n) is 4.94. The van der Waals surface area contributed by atoms with Gasteiger partial charge in [0, 0.05) is 30.6 Å². The molecule has 0 unspecified atom stereocenters. The number of alkyl halides is 3. The number of carboxylic acid groups (broad SMARTS) is 2. The molecule has 7 N–H and O–H groups in total. The minimum absolute atomic E-state index is 0.0131. The van der Waals surface area contributed by atoms with Crippen LogP contribution >= 0.6 is 0 Å². The Labute approximate surface area is 268 Å². The maximum Gasteiger partial charge on any atom is 0.490 e. The zero-order valence-electron chi connectivity index (χ0n) is 25.8. The van der Waals surface area contributed by atoms with Gasteiger partial charge in [-0.05, 0) is 75.8 Å². The molecular formula is C29H36F3N7O7S. The summed E-state index contributed by atoms with van der Waals surface area (Å²) in [6, 6.07) is 8.17. The summed E-state index contributed by atoms with van der Waals surface area (Å²) >= 11 is 0. The molecule has 0 saturated heterocycles. The number of aromatic amines is 1. The smallest absolute Gasteiger partial charge is 0.478 e. The van der Waals surface area contributed by atoms with Crippen LogP contribution in [0.4, 0.5) is 13.2 Å². The van der Waals surface area contributed by atoms with Crippen LogP contribution in [0.5, 0.6) is 0 Å². The molecule has 1 aliphatic heterocycles. The summed E-state index contributed by atoms with van der Waals surface area (Å²) in [6.45, 7) is 7.21. The lowest BCUT2D eigenvalue weighted by molar-refractivity contribution is -0.192. The Kier molecular flexibility index (Phi) is 11.9. The van der Waals surface area contributed by atoms with Crippen LogP contribution in [0.25, 0.3) is 10.9 Å². The standard InChI is InChI=1S/C27H35N7O5S.C2HF3O2/c1-17-13-18(2)23(19(3)14-17)40(38,39)34-27(25(36)37,9-4-5-10-28-26-29-11-6-12-30-26)32-24(35)20-7-8-22-21(15-20)16-31-33-22;3-2(4,5)1(6)7/h7-8,13-16,34H,4-6,9-12H2,1-3H3,(H,31,33)(H,32,35)(H,36,37)(H2,28,29,30);(H,6,7)/t27-;/m0./s1. The van der Waals surface area contributed by atoms with Gasteiger partial charge in [-0.2, -0.15) is 23.0 Å². The van der Waals surface area contributed by atoms with Crippen LogP contribution in [-0.2, 0) is 19.6 Å². The molecule has 4 rings (SSSR count). The minimum Gasteiger partial charge on any atom is -0.478 e. The lowest BCUT2D eigenvalue weighted by Gasteiger charge is -2.32. The predicted octanol–water partition coefficient (Wildman–Crippen LogP) is 2.72. The van der Waals surface area contributed by atoms with E-state index in [1.165, 1.54) is 6.07 Å². The molecule has 2 aromatic carbocycles. The largest absolute Gasteiger partial charge is 0.490 e. The zero-order chi connectivity index (χ0) is 35.0. The molecule has 18 heteroatoms. The number of carbonyl (C=O) groups is 3. The van der Waals surface area contributed by atoms with Crippen LogP contribution in [-0.4, -0.2) is 84.1 Å². The fraction of sp³-hybridized carbons (Fsp3) is 0.414. The number of aliphatic imine (C=N–C) groups is 1. The van der Waals surface area contributed by atoms with Gasteiger partial charge in [0.05, 0.1) is 16.6 Å². The van der Waals surface area contributed by atoms with E-state index >= 15 is 0 Å². The number of carbonyl (C=O) groups excluding carboxylic acids is 1. The van der Waals surface area contributed by atoms with Gasteiger partial charge in [0.15, 0.2) is 5.96 Å². The number of halogens is 3. The van der Waals surface area contributed by atoms with E-state index in [1.807, 2.05) is 6.92 Å². The van der Waals surface area contributed by atoms with E-state index in [9.17, 15) is 36.3 Å². The number of nitrogens with one attached hydrogen (secondary N) is 5. The molecule has 1 aromatic heterocycles. The lowest BCUT2D eigenvalue weighted by Crippen LogP contribution is -2.65. The SMILES string of the molecule is Cc1cc(C)c(S(=O)(=O)N[C@](CCCCNC2=NCCCN2)(NC(=O)c2ccc3[nH]ncc3c2)C(=O)O)c(C)c1.O=C(O)C(F)(F)F. The number of hydrogen-bond donors (Lipinski definition) is 7. The number of guanidine groups is 1. The first-order valence-corrected chi connectivity index (χ1v) is 15.9. The van der Waals surface area contributed by atoms with E-state index < -0.39 is 39.7 Å². The molecule has 1 aliphatic rings. The van der Waals surface area contributed by atoms with Gasteiger partial charge >= 0.3 is 18.1 Å². The van der Waals surface area contributed by atoms with Crippen LogP contribution in [0.3, 0.4) is 0 Å². The number of aromatic nitrogens is 2. The van der Waals surface area contributed by atoms with Crippen molar-refractivity contribution in [2.75, 3.05) is 19.6 Å². The van der Waals surface area contributed by atoms with Crippen LogP contribution in [0.1, 0.15) is 52.7 Å². The van der Waals surface area contributed by atoms with Gasteiger partial charge < -0.3 is 26.2 Å². The Balaban J connectivity index is 0.000000771. The van der Waals surface area contributed by atoms with Crippen LogP contribution in [0.15, 0.2) is 46.4 Å². The highest BCUT2D eigenvalue weighted by atomic mass is 32.2. The number of sulfonamides is 1. The molecule has 0 radical (unpaired) electrons. The number of nitrogens with zero attached hydrogens (tertiary/aromatic N) is 2. The summed E-state index contributed by atoms with van der Waals surface area (Å²) in [5.41, 5.74) is 0.412. The first-order chi connectivity index (χ1) is 21.9. The number of unbranched alkanes of at least 4 members (excludes halogenated alkanes) is 1. The normalized spacial score (nSPS) is 14.6. The molecule has 256 valence electrons. The number of carboxylic acids is 2. The first kappa shape index (κ1) is 36.8. The number of hydrogen-bond acceptors (Lipinski definition) is 9. The van der Waals surface area contributed by atoms with Crippen molar-refractivity contribution in [2.45, 2.75) is 63.2 Å². The minimum atomic E-state index is -5.08. The van der Waals surface area contributed by atoms with Crippen molar-refractivity contribution in [3.05, 3.63) is 58.8 Å². The number of fused-ring (bicyclic) bond motifs is 1. The molecule has 0 bridgehead atoms. The fourth-order valence-corrected chi connectivity index (χ4v) is 6.70. The Morgan fingerprint density at radius 2 is 1.66 bits per heavy atom. The summed E-state index contributed by atoms with van der Waals surface area (Å²) in [5.74, 6) is -4.32. The Morgan fingerprint density at radius 1 is 1.00 bits per heavy atom. The molecule has 47 heavy (non-hydrogen) atoms. The maximum atomic E-state index is 13.7. The van der Waals surface area contributed by atoms with Crippen LogP contribution < -0.4 is 20.7 Å². The van der Waals surface area contributed by atoms with Gasteiger partial charge in [-0.3, -0.25) is 14.9 Å². The molecule has 2 heterocycles. The Bertz CT molecular complexity index is 1740. The summed E-state index contributed by atoms with van der Waals surface area (Å²) < 4.78 is 61.5. The Hall–Kier alpha value is -4.71. The van der Waals surface area contributed by atoms with Crippen molar-refractivity contribution in [3.63, 3.8) is 0 Å². The molecule has 14 nitrogen and oxygen atoms in total. The van der Waals surface area contributed by atoms with Gasteiger partial charge in [-0.15, -0.1) is 0 Å². The van der Waals surface area contributed by atoms with Crippen molar-refractivity contribution >= 4 is 44.7 Å². The first-order valence-electron chi connectivity index (χ1n) is 14.4. The zero-order valence-corrected chi connectivity index (χ0v) is 26.6. The van der Waals surface area contributed by atoms with E-state index in [0.717, 1.165) is 25.1 Å². The van der Waals surface area contributed by atoms with E-state index in [2.05, 4.69) is 35.9 Å². The van der Waals surface area contributed by atoms with E-state index in [1.54, 1.807) is 44.3 Å². The number of benzene rings is 2. The highest BCUT2D eigenvalue weighted by molar-refractivity contribution is 7.89. The predicted molar refractivity (Wildman–Crippen MR) is 165 cm³/mol.